The van der Waals surface area contributed by atoms with E-state index < -0.39 is 0 Å². The first-order chi connectivity index (χ1) is 13.4. The Morgan fingerprint density at radius 2 is 1.75 bits per heavy atom. The Kier molecular flexibility index (Phi) is 7.32. The Labute approximate surface area is 171 Å². The van der Waals surface area contributed by atoms with Crippen molar-refractivity contribution in [2.24, 2.45) is 5.92 Å². The van der Waals surface area contributed by atoms with Crippen LogP contribution in [0.15, 0.2) is 24.3 Å². The summed E-state index contributed by atoms with van der Waals surface area (Å²) in [6, 6.07) is 7.45. The summed E-state index contributed by atoms with van der Waals surface area (Å²) >= 11 is 6.10. The lowest BCUT2D eigenvalue weighted by Crippen LogP contribution is -2.52. The predicted molar refractivity (Wildman–Crippen MR) is 107 cm³/mol. The molecule has 2 atom stereocenters. The topological polar surface area (TPSA) is 59.1 Å². The zero-order chi connectivity index (χ0) is 20.1. The maximum Gasteiger partial charge on any atom is 0.248 e. The largest absolute Gasteiger partial charge is 0.372 e. The Hall–Kier alpha value is -1.63. The van der Waals surface area contributed by atoms with Gasteiger partial charge in [0.05, 0.1) is 18.8 Å². The first-order valence-corrected chi connectivity index (χ1v) is 10.3. The number of likely N-dealkylation sites (tertiary alicyclic amines) is 1. The molecule has 1 aromatic rings. The van der Waals surface area contributed by atoms with E-state index in [4.69, 9.17) is 21.1 Å². The molecule has 0 N–H and O–H groups in total. The van der Waals surface area contributed by atoms with Crippen LogP contribution in [0.25, 0.3) is 0 Å². The van der Waals surface area contributed by atoms with E-state index in [1.807, 2.05) is 36.9 Å². The summed E-state index contributed by atoms with van der Waals surface area (Å²) in [4.78, 5) is 28.9. The summed E-state index contributed by atoms with van der Waals surface area (Å²) in [6.45, 7) is 6.84. The zero-order valence-corrected chi connectivity index (χ0v) is 17.4. The van der Waals surface area contributed by atoms with Crippen LogP contribution in [-0.4, -0.2) is 66.6 Å². The quantitative estimate of drug-likeness (QED) is 0.751. The lowest BCUT2D eigenvalue weighted by atomic mass is 9.94. The van der Waals surface area contributed by atoms with Gasteiger partial charge in [-0.3, -0.25) is 9.59 Å². The summed E-state index contributed by atoms with van der Waals surface area (Å²) < 4.78 is 11.3. The number of piperidine rings is 1. The molecule has 154 valence electrons. The minimum Gasteiger partial charge on any atom is -0.372 e. The number of amides is 2. The second kappa shape index (κ2) is 9.72. The van der Waals surface area contributed by atoms with Crippen molar-refractivity contribution < 1.29 is 19.1 Å². The van der Waals surface area contributed by atoms with Crippen molar-refractivity contribution >= 4 is 23.4 Å². The highest BCUT2D eigenvalue weighted by Gasteiger charge is 2.33. The minimum absolute atomic E-state index is 0.00871. The van der Waals surface area contributed by atoms with Gasteiger partial charge in [-0.25, -0.2) is 0 Å². The first-order valence-electron chi connectivity index (χ1n) is 9.97. The number of ether oxygens (including phenoxy) is 2. The van der Waals surface area contributed by atoms with Crippen LogP contribution >= 0.6 is 11.6 Å². The lowest BCUT2D eigenvalue weighted by Gasteiger charge is -2.39. The van der Waals surface area contributed by atoms with E-state index in [0.717, 1.165) is 5.56 Å². The maximum absolute atomic E-state index is 12.8. The molecular weight excluding hydrogens is 380 g/mol. The lowest BCUT2D eigenvalue weighted by molar-refractivity contribution is -0.151. The molecule has 2 amide bonds. The molecule has 0 radical (unpaired) electrons. The maximum atomic E-state index is 12.8. The fourth-order valence-corrected chi connectivity index (χ4v) is 4.14. The van der Waals surface area contributed by atoms with Gasteiger partial charge in [0.2, 0.25) is 11.8 Å². The second-order valence-electron chi connectivity index (χ2n) is 7.74. The van der Waals surface area contributed by atoms with E-state index in [-0.39, 0.29) is 36.5 Å². The molecule has 0 aliphatic carbocycles. The number of halogens is 1. The van der Waals surface area contributed by atoms with E-state index in [2.05, 4.69) is 0 Å². The highest BCUT2D eigenvalue weighted by Crippen LogP contribution is 2.22. The van der Waals surface area contributed by atoms with Gasteiger partial charge in [-0.2, -0.15) is 0 Å². The van der Waals surface area contributed by atoms with Gasteiger partial charge in [0.15, 0.2) is 0 Å². The van der Waals surface area contributed by atoms with Crippen molar-refractivity contribution in [3.05, 3.63) is 34.9 Å². The van der Waals surface area contributed by atoms with Gasteiger partial charge in [-0.1, -0.05) is 29.8 Å². The number of benzene rings is 1. The molecule has 0 aromatic heterocycles. The van der Waals surface area contributed by atoms with Crippen molar-refractivity contribution in [1.29, 1.82) is 0 Å². The summed E-state index contributed by atoms with van der Waals surface area (Å²) in [5.41, 5.74) is 0.871. The Morgan fingerprint density at radius 3 is 2.39 bits per heavy atom. The van der Waals surface area contributed by atoms with Gasteiger partial charge in [-0.15, -0.1) is 0 Å². The van der Waals surface area contributed by atoms with E-state index in [9.17, 15) is 9.59 Å². The highest BCUT2D eigenvalue weighted by atomic mass is 35.5. The standard InChI is InChI=1S/C21H29ClN2O4/c1-15-11-24(12-16(2)28-15)21(26)17-7-9-23(10-8-17)20(25)14-27-13-18-5-3-4-6-19(18)22/h3-6,15-17H,7-14H2,1-2H3. The van der Waals surface area contributed by atoms with Crippen LogP contribution in [-0.2, 0) is 25.7 Å². The smallest absolute Gasteiger partial charge is 0.248 e. The van der Waals surface area contributed by atoms with Crippen LogP contribution in [0.5, 0.6) is 0 Å². The average molecular weight is 409 g/mol. The van der Waals surface area contributed by atoms with Gasteiger partial charge in [0.1, 0.15) is 6.61 Å². The van der Waals surface area contributed by atoms with E-state index in [1.165, 1.54) is 0 Å². The van der Waals surface area contributed by atoms with Crippen LogP contribution < -0.4 is 0 Å². The average Bonchev–Trinajstić information content (AvgIpc) is 2.68. The molecule has 6 nitrogen and oxygen atoms in total. The fraction of sp³-hybridized carbons (Fsp3) is 0.619. The molecule has 0 spiro atoms. The van der Waals surface area contributed by atoms with Gasteiger partial charge in [0.25, 0.3) is 0 Å². The highest BCUT2D eigenvalue weighted by molar-refractivity contribution is 6.31. The summed E-state index contributed by atoms with van der Waals surface area (Å²) in [6.07, 6.45) is 1.55. The normalized spacial score (nSPS) is 23.7. The predicted octanol–water partition coefficient (Wildman–Crippen LogP) is 2.73. The number of nitrogens with zero attached hydrogens (tertiary/aromatic N) is 2. The second-order valence-corrected chi connectivity index (χ2v) is 8.15. The summed E-state index contributed by atoms with van der Waals surface area (Å²) in [5.74, 6) is 0.154. The van der Waals surface area contributed by atoms with Crippen molar-refractivity contribution in [2.45, 2.75) is 45.5 Å². The SMILES string of the molecule is CC1CN(C(=O)C2CCN(C(=O)COCc3ccccc3Cl)CC2)CC(C)O1. The first kappa shape index (κ1) is 21.1. The number of carbonyl (C=O) groups excluding carboxylic acids is 2. The molecule has 3 rings (SSSR count). The Bertz CT molecular complexity index is 681. The molecule has 0 saturated carbocycles. The van der Waals surface area contributed by atoms with Crippen LogP contribution in [0, 0.1) is 5.92 Å². The van der Waals surface area contributed by atoms with Gasteiger partial charge < -0.3 is 19.3 Å². The molecule has 2 aliphatic heterocycles. The fourth-order valence-electron chi connectivity index (χ4n) is 3.95. The molecule has 2 saturated heterocycles. The van der Waals surface area contributed by atoms with Crippen molar-refractivity contribution in [1.82, 2.24) is 9.80 Å². The van der Waals surface area contributed by atoms with E-state index in [0.29, 0.717) is 50.7 Å². The molecule has 2 heterocycles. The van der Waals surface area contributed by atoms with Gasteiger partial charge >= 0.3 is 0 Å². The van der Waals surface area contributed by atoms with Crippen LogP contribution in [0.3, 0.4) is 0 Å². The number of hydrogen-bond acceptors (Lipinski definition) is 4. The van der Waals surface area contributed by atoms with Crippen LogP contribution in [0.4, 0.5) is 0 Å². The third-order valence-electron chi connectivity index (χ3n) is 5.37. The van der Waals surface area contributed by atoms with E-state index in [1.54, 1.807) is 11.0 Å². The molecular formula is C21H29ClN2O4. The monoisotopic (exact) mass is 408 g/mol. The summed E-state index contributed by atoms with van der Waals surface area (Å²) in [7, 11) is 0. The number of carbonyl (C=O) groups is 2. The molecule has 2 unspecified atom stereocenters. The van der Waals surface area contributed by atoms with Gasteiger partial charge in [-0.05, 0) is 38.3 Å². The number of morpholine rings is 1. The van der Waals surface area contributed by atoms with Crippen molar-refractivity contribution in [3.63, 3.8) is 0 Å². The van der Waals surface area contributed by atoms with Gasteiger partial charge in [0, 0.05) is 37.1 Å². The third-order valence-corrected chi connectivity index (χ3v) is 5.74. The van der Waals surface area contributed by atoms with Crippen LogP contribution in [0.1, 0.15) is 32.3 Å². The number of hydrogen-bond donors (Lipinski definition) is 0. The van der Waals surface area contributed by atoms with E-state index >= 15 is 0 Å². The Balaban J connectivity index is 1.41. The van der Waals surface area contributed by atoms with Crippen LogP contribution in [0.2, 0.25) is 5.02 Å². The zero-order valence-electron chi connectivity index (χ0n) is 16.6. The molecule has 0 bridgehead atoms. The van der Waals surface area contributed by atoms with Crippen molar-refractivity contribution in [3.8, 4) is 0 Å². The molecule has 2 fully saturated rings. The molecule has 7 heteroatoms. The number of rotatable bonds is 5. The molecule has 1 aromatic carbocycles. The Morgan fingerprint density at radius 1 is 1.11 bits per heavy atom. The third kappa shape index (κ3) is 5.46. The molecule has 2 aliphatic rings. The van der Waals surface area contributed by atoms with Crippen molar-refractivity contribution in [2.75, 3.05) is 32.8 Å². The molecule has 28 heavy (non-hydrogen) atoms. The minimum atomic E-state index is -0.0356. The summed E-state index contributed by atoms with van der Waals surface area (Å²) in [5, 5.41) is 0.640.